The predicted octanol–water partition coefficient (Wildman–Crippen LogP) is 0.836. The van der Waals surface area contributed by atoms with Gasteiger partial charge in [-0.3, -0.25) is 4.90 Å². The summed E-state index contributed by atoms with van der Waals surface area (Å²) in [6.45, 7) is 7.10. The van der Waals surface area contributed by atoms with Crippen LogP contribution in [0.5, 0.6) is 0 Å². The van der Waals surface area contributed by atoms with Crippen LogP contribution in [0.25, 0.3) is 0 Å². The zero-order valence-electron chi connectivity index (χ0n) is 9.17. The normalized spacial score (nSPS) is 32.8. The van der Waals surface area contributed by atoms with Gasteiger partial charge in [-0.25, -0.2) is 0 Å². The third-order valence-electron chi connectivity index (χ3n) is 3.63. The van der Waals surface area contributed by atoms with Crippen LogP contribution in [0.4, 0.5) is 0 Å². The molecule has 2 fully saturated rings. The zero-order chi connectivity index (χ0) is 10.0. The lowest BCUT2D eigenvalue weighted by molar-refractivity contribution is 0.113. The Bertz CT molecular complexity index is 186. The van der Waals surface area contributed by atoms with Crippen molar-refractivity contribution in [2.45, 2.75) is 32.2 Å². The van der Waals surface area contributed by atoms with Crippen LogP contribution in [0.15, 0.2) is 0 Å². The van der Waals surface area contributed by atoms with E-state index in [0.29, 0.717) is 0 Å². The summed E-state index contributed by atoms with van der Waals surface area (Å²) in [5.74, 6) is 0. The van der Waals surface area contributed by atoms with Crippen molar-refractivity contribution in [2.24, 2.45) is 11.1 Å². The summed E-state index contributed by atoms with van der Waals surface area (Å²) in [5.41, 5.74) is 6.15. The summed E-state index contributed by atoms with van der Waals surface area (Å²) in [7, 11) is 0. The summed E-state index contributed by atoms with van der Waals surface area (Å²) in [6.07, 6.45) is 3.91. The van der Waals surface area contributed by atoms with Crippen molar-refractivity contribution in [1.29, 1.82) is 0 Å². The van der Waals surface area contributed by atoms with Gasteiger partial charge < -0.3 is 10.5 Å². The minimum Gasteiger partial charge on any atom is -0.381 e. The largest absolute Gasteiger partial charge is 0.381 e. The Kier molecular flexibility index (Phi) is 3.10. The first kappa shape index (κ1) is 10.4. The van der Waals surface area contributed by atoms with E-state index in [1.807, 2.05) is 0 Å². The van der Waals surface area contributed by atoms with Gasteiger partial charge in [-0.1, -0.05) is 6.92 Å². The molecule has 0 bridgehead atoms. The van der Waals surface area contributed by atoms with Gasteiger partial charge in [-0.2, -0.15) is 0 Å². The maximum Gasteiger partial charge on any atom is 0.0547 e. The fourth-order valence-electron chi connectivity index (χ4n) is 2.37. The Morgan fingerprint density at radius 1 is 1.50 bits per heavy atom. The molecule has 1 aliphatic heterocycles. The van der Waals surface area contributed by atoms with Gasteiger partial charge in [0.05, 0.1) is 6.61 Å². The first-order chi connectivity index (χ1) is 6.79. The molecule has 3 nitrogen and oxygen atoms in total. The third kappa shape index (κ3) is 2.10. The third-order valence-corrected chi connectivity index (χ3v) is 3.63. The molecule has 0 amide bonds. The molecule has 14 heavy (non-hydrogen) atoms. The van der Waals surface area contributed by atoms with Crippen LogP contribution in [-0.4, -0.2) is 43.8 Å². The fourth-order valence-corrected chi connectivity index (χ4v) is 2.37. The van der Waals surface area contributed by atoms with E-state index >= 15 is 0 Å². The molecular formula is C11H22N2O. The Balaban J connectivity index is 1.91. The van der Waals surface area contributed by atoms with Crippen LogP contribution in [0, 0.1) is 5.41 Å². The lowest BCUT2D eigenvalue weighted by Crippen LogP contribution is -2.44. The number of hydrogen-bond donors (Lipinski definition) is 1. The van der Waals surface area contributed by atoms with Gasteiger partial charge in [0, 0.05) is 31.2 Å². The number of nitrogens with two attached hydrogens (primary N) is 1. The van der Waals surface area contributed by atoms with Crippen LogP contribution in [0.2, 0.25) is 0 Å². The molecule has 2 N–H and O–H groups in total. The highest BCUT2D eigenvalue weighted by Gasteiger charge is 2.38. The monoisotopic (exact) mass is 198 g/mol. The maximum absolute atomic E-state index is 5.89. The Hall–Kier alpha value is -0.120. The highest BCUT2D eigenvalue weighted by Crippen LogP contribution is 2.33. The van der Waals surface area contributed by atoms with Gasteiger partial charge >= 0.3 is 0 Å². The maximum atomic E-state index is 5.89. The van der Waals surface area contributed by atoms with E-state index < -0.39 is 0 Å². The van der Waals surface area contributed by atoms with Crippen molar-refractivity contribution >= 4 is 0 Å². The zero-order valence-corrected chi connectivity index (χ0v) is 9.17. The van der Waals surface area contributed by atoms with E-state index in [-0.39, 0.29) is 5.41 Å². The minimum atomic E-state index is 0.262. The van der Waals surface area contributed by atoms with Crippen LogP contribution >= 0.6 is 0 Å². The summed E-state index contributed by atoms with van der Waals surface area (Å²) in [4.78, 5) is 2.58. The Morgan fingerprint density at radius 3 is 2.71 bits per heavy atom. The van der Waals surface area contributed by atoms with Crippen molar-refractivity contribution in [1.82, 2.24) is 4.90 Å². The summed E-state index contributed by atoms with van der Waals surface area (Å²) in [6, 6.07) is 0.851. The van der Waals surface area contributed by atoms with E-state index in [1.54, 1.807) is 0 Å². The average Bonchev–Trinajstić information content (AvgIpc) is 2.96. The Labute approximate surface area is 86.6 Å². The highest BCUT2D eigenvalue weighted by molar-refractivity contribution is 4.92. The number of rotatable bonds is 5. The molecule has 1 unspecified atom stereocenters. The minimum absolute atomic E-state index is 0.262. The van der Waals surface area contributed by atoms with E-state index in [4.69, 9.17) is 10.5 Å². The van der Waals surface area contributed by atoms with E-state index in [1.165, 1.54) is 12.8 Å². The first-order valence-electron chi connectivity index (χ1n) is 5.81. The molecular weight excluding hydrogens is 176 g/mol. The predicted molar refractivity (Wildman–Crippen MR) is 57.2 cm³/mol. The van der Waals surface area contributed by atoms with Crippen molar-refractivity contribution in [3.63, 3.8) is 0 Å². The number of ether oxygens (including phenoxy) is 1. The number of nitrogens with zero attached hydrogens (tertiary/aromatic N) is 1. The van der Waals surface area contributed by atoms with Crippen LogP contribution < -0.4 is 5.73 Å². The number of hydrogen-bond acceptors (Lipinski definition) is 3. The SMILES string of the molecule is CCN(CC1(CN)CCOC1)C1CC1. The first-order valence-corrected chi connectivity index (χ1v) is 5.81. The molecule has 2 rings (SSSR count). The van der Waals surface area contributed by atoms with Crippen LogP contribution in [0.3, 0.4) is 0 Å². The van der Waals surface area contributed by atoms with E-state index in [0.717, 1.165) is 45.3 Å². The molecule has 0 spiro atoms. The summed E-state index contributed by atoms with van der Waals surface area (Å²) < 4.78 is 5.49. The molecule has 0 aromatic rings. The topological polar surface area (TPSA) is 38.5 Å². The van der Waals surface area contributed by atoms with Gasteiger partial charge in [0.15, 0.2) is 0 Å². The molecule has 82 valence electrons. The molecule has 1 saturated heterocycles. The molecule has 1 atom stereocenters. The van der Waals surface area contributed by atoms with Crippen molar-refractivity contribution in [3.8, 4) is 0 Å². The fraction of sp³-hybridized carbons (Fsp3) is 1.00. The quantitative estimate of drug-likeness (QED) is 0.711. The van der Waals surface area contributed by atoms with E-state index in [2.05, 4.69) is 11.8 Å². The van der Waals surface area contributed by atoms with Crippen molar-refractivity contribution in [3.05, 3.63) is 0 Å². The van der Waals surface area contributed by atoms with Crippen molar-refractivity contribution < 1.29 is 4.74 Å². The molecule has 0 aromatic carbocycles. The molecule has 0 radical (unpaired) electrons. The standard InChI is InChI=1S/C11H22N2O/c1-2-13(10-3-4-10)8-11(7-12)5-6-14-9-11/h10H,2-9,12H2,1H3. The molecule has 1 heterocycles. The average molecular weight is 198 g/mol. The smallest absolute Gasteiger partial charge is 0.0547 e. The highest BCUT2D eigenvalue weighted by atomic mass is 16.5. The van der Waals surface area contributed by atoms with Gasteiger partial charge in [0.2, 0.25) is 0 Å². The van der Waals surface area contributed by atoms with Gasteiger partial charge in [0.1, 0.15) is 0 Å². The van der Waals surface area contributed by atoms with Crippen LogP contribution in [-0.2, 0) is 4.74 Å². The molecule has 1 aliphatic carbocycles. The Morgan fingerprint density at radius 2 is 2.29 bits per heavy atom. The van der Waals surface area contributed by atoms with E-state index in [9.17, 15) is 0 Å². The second-order valence-electron chi connectivity index (χ2n) is 4.80. The molecule has 2 aliphatic rings. The van der Waals surface area contributed by atoms with Crippen LogP contribution in [0.1, 0.15) is 26.2 Å². The molecule has 3 heteroatoms. The molecule has 0 aromatic heterocycles. The van der Waals surface area contributed by atoms with Gasteiger partial charge in [-0.05, 0) is 25.8 Å². The lowest BCUT2D eigenvalue weighted by atomic mass is 9.87. The second kappa shape index (κ2) is 4.17. The van der Waals surface area contributed by atoms with Gasteiger partial charge in [0.25, 0.3) is 0 Å². The lowest BCUT2D eigenvalue weighted by Gasteiger charge is -2.32. The second-order valence-corrected chi connectivity index (χ2v) is 4.80. The summed E-state index contributed by atoms with van der Waals surface area (Å²) in [5, 5.41) is 0. The summed E-state index contributed by atoms with van der Waals surface area (Å²) >= 11 is 0. The van der Waals surface area contributed by atoms with Gasteiger partial charge in [-0.15, -0.1) is 0 Å². The van der Waals surface area contributed by atoms with Crippen molar-refractivity contribution in [2.75, 3.05) is 32.8 Å². The molecule has 1 saturated carbocycles.